The van der Waals surface area contributed by atoms with Crippen molar-refractivity contribution in [1.29, 1.82) is 0 Å². The lowest BCUT2D eigenvalue weighted by Gasteiger charge is -2.21. The summed E-state index contributed by atoms with van der Waals surface area (Å²) in [6.07, 6.45) is -4.23. The number of rotatable bonds is 7. The van der Waals surface area contributed by atoms with E-state index < -0.39 is 28.2 Å². The number of nitrogens with zero attached hydrogens (tertiary/aromatic N) is 2. The normalized spacial score (nSPS) is 14.4. The number of ether oxygens (including phenoxy) is 2. The summed E-state index contributed by atoms with van der Waals surface area (Å²) in [5.41, 5.74) is 1.50. The molecule has 0 radical (unpaired) electrons. The van der Waals surface area contributed by atoms with Crippen molar-refractivity contribution < 1.29 is 35.9 Å². The van der Waals surface area contributed by atoms with E-state index in [1.807, 2.05) is 0 Å². The lowest BCUT2D eigenvalue weighted by molar-refractivity contribution is -0.274. The van der Waals surface area contributed by atoms with Crippen LogP contribution in [-0.4, -0.2) is 36.7 Å². The fraction of sp³-hybridized carbons (Fsp3) is 0.238. The molecule has 1 N–H and O–H groups in total. The molecule has 0 saturated heterocycles. The van der Waals surface area contributed by atoms with Crippen LogP contribution in [-0.2, 0) is 27.9 Å². The molecule has 13 heteroatoms. The van der Waals surface area contributed by atoms with E-state index >= 15 is 0 Å². The standard InChI is InChI=1S/C21H18F3N3O5S2/c1-13(31-16-3-5-17(6-4-16)32-21(22,23)24)19(28)27-11-14-2-7-18(10-15(14)12-27)34(29,30)26-20-25-8-9-33-20/h2-10,13H,11-12H2,1H3,(H,25,26). The number of carbonyl (C=O) groups is 1. The second-order valence-corrected chi connectivity index (χ2v) is 9.92. The number of aromatic nitrogens is 1. The average molecular weight is 514 g/mol. The first-order valence-corrected chi connectivity index (χ1v) is 12.2. The second kappa shape index (κ2) is 9.14. The van der Waals surface area contributed by atoms with E-state index in [-0.39, 0.29) is 34.8 Å². The van der Waals surface area contributed by atoms with E-state index in [4.69, 9.17) is 4.74 Å². The average Bonchev–Trinajstić information content (AvgIpc) is 3.42. The Kier molecular flexibility index (Phi) is 6.41. The van der Waals surface area contributed by atoms with Crippen LogP contribution < -0.4 is 14.2 Å². The number of amides is 1. The minimum atomic E-state index is -4.80. The third-order valence-corrected chi connectivity index (χ3v) is 7.05. The molecule has 34 heavy (non-hydrogen) atoms. The molecule has 180 valence electrons. The molecule has 0 spiro atoms. The Balaban J connectivity index is 1.39. The van der Waals surface area contributed by atoms with Gasteiger partial charge in [-0.2, -0.15) is 0 Å². The molecule has 1 aliphatic rings. The smallest absolute Gasteiger partial charge is 0.481 e. The van der Waals surface area contributed by atoms with Crippen LogP contribution in [0.4, 0.5) is 18.3 Å². The third-order valence-electron chi connectivity index (χ3n) is 4.89. The van der Waals surface area contributed by atoms with Gasteiger partial charge in [-0.3, -0.25) is 9.52 Å². The molecular formula is C21H18F3N3O5S2. The summed E-state index contributed by atoms with van der Waals surface area (Å²) in [6, 6.07) is 9.37. The van der Waals surface area contributed by atoms with Crippen LogP contribution in [0, 0.1) is 0 Å². The molecule has 0 bridgehead atoms. The first-order chi connectivity index (χ1) is 16.0. The predicted molar refractivity (Wildman–Crippen MR) is 117 cm³/mol. The molecule has 1 aromatic heterocycles. The summed E-state index contributed by atoms with van der Waals surface area (Å²) in [4.78, 5) is 18.3. The molecule has 3 aromatic rings. The molecule has 2 heterocycles. The quantitative estimate of drug-likeness (QED) is 0.510. The van der Waals surface area contributed by atoms with Crippen molar-refractivity contribution in [2.75, 3.05) is 4.72 Å². The highest BCUT2D eigenvalue weighted by molar-refractivity contribution is 7.93. The molecule has 0 fully saturated rings. The number of fused-ring (bicyclic) bond motifs is 1. The van der Waals surface area contributed by atoms with Gasteiger partial charge in [0.2, 0.25) is 0 Å². The van der Waals surface area contributed by atoms with Gasteiger partial charge in [0.1, 0.15) is 11.5 Å². The highest BCUT2D eigenvalue weighted by Crippen LogP contribution is 2.29. The van der Waals surface area contributed by atoms with Gasteiger partial charge in [0, 0.05) is 24.7 Å². The molecule has 4 rings (SSSR count). The molecule has 0 saturated carbocycles. The summed E-state index contributed by atoms with van der Waals surface area (Å²) >= 11 is 1.16. The lowest BCUT2D eigenvalue weighted by Crippen LogP contribution is -2.37. The van der Waals surface area contributed by atoms with E-state index in [0.29, 0.717) is 5.56 Å². The fourth-order valence-electron chi connectivity index (χ4n) is 3.37. The van der Waals surface area contributed by atoms with Gasteiger partial charge in [-0.25, -0.2) is 13.4 Å². The zero-order valence-electron chi connectivity index (χ0n) is 17.6. The Morgan fingerprint density at radius 3 is 2.44 bits per heavy atom. The van der Waals surface area contributed by atoms with E-state index in [9.17, 15) is 26.4 Å². The lowest BCUT2D eigenvalue weighted by atomic mass is 10.1. The highest BCUT2D eigenvalue weighted by Gasteiger charge is 2.31. The second-order valence-electron chi connectivity index (χ2n) is 7.35. The Labute approximate surface area is 197 Å². The molecule has 8 nitrogen and oxygen atoms in total. The summed E-state index contributed by atoms with van der Waals surface area (Å²) < 4.78 is 73.8. The number of alkyl halides is 3. The SMILES string of the molecule is CC(Oc1ccc(OC(F)(F)F)cc1)C(=O)N1Cc2ccc(S(=O)(=O)Nc3nccs3)cc2C1. The Morgan fingerprint density at radius 1 is 1.12 bits per heavy atom. The maximum atomic E-state index is 12.9. The van der Waals surface area contributed by atoms with Gasteiger partial charge < -0.3 is 14.4 Å². The number of halogens is 3. The molecule has 2 aromatic carbocycles. The van der Waals surface area contributed by atoms with Gasteiger partial charge in [-0.1, -0.05) is 6.07 Å². The molecule has 1 atom stereocenters. The minimum Gasteiger partial charge on any atom is -0.481 e. The zero-order valence-corrected chi connectivity index (χ0v) is 19.2. The van der Waals surface area contributed by atoms with Crippen LogP contribution in [0.25, 0.3) is 0 Å². The van der Waals surface area contributed by atoms with Gasteiger partial charge in [-0.15, -0.1) is 24.5 Å². The van der Waals surface area contributed by atoms with Gasteiger partial charge >= 0.3 is 6.36 Å². The maximum absolute atomic E-state index is 12.9. The van der Waals surface area contributed by atoms with Crippen molar-refractivity contribution in [3.8, 4) is 11.5 Å². The molecule has 1 aliphatic heterocycles. The maximum Gasteiger partial charge on any atom is 0.573 e. The predicted octanol–water partition coefficient (Wildman–Crippen LogP) is 4.15. The third kappa shape index (κ3) is 5.59. The van der Waals surface area contributed by atoms with Crippen LogP contribution in [0.5, 0.6) is 11.5 Å². The van der Waals surface area contributed by atoms with Gasteiger partial charge in [-0.05, 0) is 54.4 Å². The molecule has 1 unspecified atom stereocenters. The number of benzene rings is 2. The molecular weight excluding hydrogens is 495 g/mol. The Morgan fingerprint density at radius 2 is 1.79 bits per heavy atom. The number of nitrogens with one attached hydrogen (secondary N) is 1. The summed E-state index contributed by atoms with van der Waals surface area (Å²) in [6.45, 7) is 2.00. The monoisotopic (exact) mass is 513 g/mol. The molecule has 0 aliphatic carbocycles. The Hall–Kier alpha value is -3.32. The number of hydrogen-bond acceptors (Lipinski definition) is 7. The summed E-state index contributed by atoms with van der Waals surface area (Å²) in [7, 11) is -3.83. The van der Waals surface area contributed by atoms with Crippen molar-refractivity contribution in [3.05, 3.63) is 65.2 Å². The number of hydrogen-bond donors (Lipinski definition) is 1. The van der Waals surface area contributed by atoms with Crippen molar-refractivity contribution in [2.24, 2.45) is 0 Å². The van der Waals surface area contributed by atoms with E-state index in [0.717, 1.165) is 29.0 Å². The van der Waals surface area contributed by atoms with Crippen molar-refractivity contribution in [1.82, 2.24) is 9.88 Å². The largest absolute Gasteiger partial charge is 0.573 e. The van der Waals surface area contributed by atoms with Crippen LogP contribution in [0.15, 0.2) is 58.9 Å². The Bertz CT molecular complexity index is 1280. The van der Waals surface area contributed by atoms with Crippen molar-refractivity contribution >= 4 is 32.4 Å². The number of sulfonamides is 1. The van der Waals surface area contributed by atoms with E-state index in [2.05, 4.69) is 14.4 Å². The number of carbonyl (C=O) groups excluding carboxylic acids is 1. The van der Waals surface area contributed by atoms with Gasteiger partial charge in [0.05, 0.1) is 4.90 Å². The zero-order chi connectivity index (χ0) is 24.5. The van der Waals surface area contributed by atoms with Gasteiger partial charge in [0.25, 0.3) is 15.9 Å². The van der Waals surface area contributed by atoms with Crippen molar-refractivity contribution in [3.63, 3.8) is 0 Å². The fourth-order valence-corrected chi connectivity index (χ4v) is 5.21. The van der Waals surface area contributed by atoms with Crippen molar-refractivity contribution in [2.45, 2.75) is 37.4 Å². The number of anilines is 1. The van der Waals surface area contributed by atoms with E-state index in [1.165, 1.54) is 42.3 Å². The summed E-state index contributed by atoms with van der Waals surface area (Å²) in [5, 5.41) is 1.90. The van der Waals surface area contributed by atoms with E-state index in [1.54, 1.807) is 11.4 Å². The van der Waals surface area contributed by atoms with Crippen LogP contribution in [0.2, 0.25) is 0 Å². The molecule has 1 amide bonds. The number of thiazole rings is 1. The van der Waals surface area contributed by atoms with Gasteiger partial charge in [0.15, 0.2) is 11.2 Å². The topological polar surface area (TPSA) is 97.8 Å². The first kappa shape index (κ1) is 23.8. The summed E-state index contributed by atoms with van der Waals surface area (Å²) in [5.74, 6) is -0.546. The highest BCUT2D eigenvalue weighted by atomic mass is 32.2. The van der Waals surface area contributed by atoms with Crippen LogP contribution >= 0.6 is 11.3 Å². The van der Waals surface area contributed by atoms with Crippen LogP contribution in [0.1, 0.15) is 18.1 Å². The van der Waals surface area contributed by atoms with Crippen LogP contribution in [0.3, 0.4) is 0 Å². The first-order valence-electron chi connectivity index (χ1n) is 9.85. The minimum absolute atomic E-state index is 0.0567.